The standard InChI is InChI=1S/C14H16N4O2/c1-2-11-20-13-8-4-3-7-12(13)17-14(19)9-5-6-10-16-18-15/h1,3-4,7-8H,5-6,9-11H2,(H,17,19). The highest BCUT2D eigenvalue weighted by molar-refractivity contribution is 5.92. The van der Waals surface area contributed by atoms with Crippen molar-refractivity contribution in [2.75, 3.05) is 18.5 Å². The number of amides is 1. The predicted molar refractivity (Wildman–Crippen MR) is 77.3 cm³/mol. The molecule has 0 unspecified atom stereocenters. The fraction of sp³-hybridized carbons (Fsp3) is 0.357. The summed E-state index contributed by atoms with van der Waals surface area (Å²) in [7, 11) is 0. The van der Waals surface area contributed by atoms with E-state index in [1.807, 2.05) is 0 Å². The van der Waals surface area contributed by atoms with Gasteiger partial charge in [0, 0.05) is 17.9 Å². The van der Waals surface area contributed by atoms with Crippen molar-refractivity contribution in [1.29, 1.82) is 0 Å². The van der Waals surface area contributed by atoms with Crippen molar-refractivity contribution < 1.29 is 9.53 Å². The number of carbonyl (C=O) groups excluding carboxylic acids is 1. The number of anilines is 1. The third kappa shape index (κ3) is 5.80. The zero-order valence-corrected chi connectivity index (χ0v) is 11.1. The van der Waals surface area contributed by atoms with Crippen LogP contribution in [0.1, 0.15) is 19.3 Å². The molecule has 20 heavy (non-hydrogen) atoms. The summed E-state index contributed by atoms with van der Waals surface area (Å²) in [6.45, 7) is 0.560. The molecule has 0 radical (unpaired) electrons. The van der Waals surface area contributed by atoms with Gasteiger partial charge in [-0.15, -0.1) is 6.42 Å². The molecule has 1 aromatic carbocycles. The predicted octanol–water partition coefficient (Wildman–Crippen LogP) is 3.12. The van der Waals surface area contributed by atoms with Gasteiger partial charge in [-0.1, -0.05) is 23.2 Å². The smallest absolute Gasteiger partial charge is 0.224 e. The summed E-state index contributed by atoms with van der Waals surface area (Å²) in [6.07, 6.45) is 6.85. The second-order valence-electron chi connectivity index (χ2n) is 3.95. The Hall–Kier alpha value is -2.64. The molecule has 0 fully saturated rings. The lowest BCUT2D eigenvalue weighted by Crippen LogP contribution is -2.12. The number of nitrogens with one attached hydrogen (secondary N) is 1. The van der Waals surface area contributed by atoms with E-state index in [-0.39, 0.29) is 12.5 Å². The first-order valence-corrected chi connectivity index (χ1v) is 6.24. The van der Waals surface area contributed by atoms with Gasteiger partial charge in [-0.05, 0) is 30.5 Å². The van der Waals surface area contributed by atoms with E-state index in [1.54, 1.807) is 24.3 Å². The Morgan fingerprint density at radius 2 is 2.25 bits per heavy atom. The van der Waals surface area contributed by atoms with Gasteiger partial charge in [0.05, 0.1) is 5.69 Å². The molecule has 6 heteroatoms. The molecular formula is C14H16N4O2. The molecule has 104 valence electrons. The Bertz CT molecular complexity index is 530. The number of unbranched alkanes of at least 4 members (excludes halogenated alkanes) is 1. The van der Waals surface area contributed by atoms with E-state index in [9.17, 15) is 4.79 Å². The summed E-state index contributed by atoms with van der Waals surface area (Å²) >= 11 is 0. The van der Waals surface area contributed by atoms with Gasteiger partial charge >= 0.3 is 0 Å². The normalized spacial score (nSPS) is 9.15. The van der Waals surface area contributed by atoms with Crippen LogP contribution in [0.15, 0.2) is 29.4 Å². The zero-order chi connectivity index (χ0) is 14.6. The quantitative estimate of drug-likeness (QED) is 0.259. The lowest BCUT2D eigenvalue weighted by molar-refractivity contribution is -0.116. The van der Waals surface area contributed by atoms with Crippen LogP contribution in [0.5, 0.6) is 5.75 Å². The molecule has 1 amide bonds. The summed E-state index contributed by atoms with van der Waals surface area (Å²) in [6, 6.07) is 7.11. The van der Waals surface area contributed by atoms with Crippen LogP contribution in [0.25, 0.3) is 10.4 Å². The lowest BCUT2D eigenvalue weighted by Gasteiger charge is -2.10. The van der Waals surface area contributed by atoms with Gasteiger partial charge < -0.3 is 10.1 Å². The molecular weight excluding hydrogens is 256 g/mol. The lowest BCUT2D eigenvalue weighted by atomic mass is 10.2. The van der Waals surface area contributed by atoms with E-state index in [1.165, 1.54) is 0 Å². The van der Waals surface area contributed by atoms with Gasteiger partial charge in [-0.25, -0.2) is 0 Å². The molecule has 1 aromatic rings. The van der Waals surface area contributed by atoms with Gasteiger partial charge in [0.15, 0.2) is 0 Å². The highest BCUT2D eigenvalue weighted by atomic mass is 16.5. The van der Waals surface area contributed by atoms with Crippen LogP contribution < -0.4 is 10.1 Å². The third-order valence-corrected chi connectivity index (χ3v) is 2.45. The maximum absolute atomic E-state index is 11.8. The van der Waals surface area contributed by atoms with Gasteiger partial charge in [0.1, 0.15) is 12.4 Å². The molecule has 0 aliphatic heterocycles. The number of azide groups is 1. The number of carbonyl (C=O) groups is 1. The van der Waals surface area contributed by atoms with Gasteiger partial charge in [-0.2, -0.15) is 0 Å². The molecule has 0 heterocycles. The molecule has 0 saturated carbocycles. The van der Waals surface area contributed by atoms with Crippen LogP contribution in [-0.4, -0.2) is 19.1 Å². The maximum Gasteiger partial charge on any atom is 0.224 e. The van der Waals surface area contributed by atoms with E-state index in [4.69, 9.17) is 16.7 Å². The van der Waals surface area contributed by atoms with Crippen molar-refractivity contribution in [3.05, 3.63) is 34.7 Å². The van der Waals surface area contributed by atoms with Crippen molar-refractivity contribution in [1.82, 2.24) is 0 Å². The van der Waals surface area contributed by atoms with Crippen molar-refractivity contribution >= 4 is 11.6 Å². The number of ether oxygens (including phenoxy) is 1. The topological polar surface area (TPSA) is 87.1 Å². The molecule has 0 aliphatic rings. The summed E-state index contributed by atoms with van der Waals surface area (Å²) in [4.78, 5) is 14.4. The molecule has 0 aliphatic carbocycles. The minimum atomic E-state index is -0.109. The maximum atomic E-state index is 11.8. The summed E-state index contributed by atoms with van der Waals surface area (Å²) in [5.41, 5.74) is 8.72. The Labute approximate surface area is 117 Å². The van der Waals surface area contributed by atoms with Crippen LogP contribution >= 0.6 is 0 Å². The average Bonchev–Trinajstić information content (AvgIpc) is 2.46. The first-order valence-electron chi connectivity index (χ1n) is 6.24. The number of hydrogen-bond acceptors (Lipinski definition) is 3. The first-order chi connectivity index (χ1) is 9.77. The Morgan fingerprint density at radius 3 is 3.00 bits per heavy atom. The highest BCUT2D eigenvalue weighted by Gasteiger charge is 2.06. The largest absolute Gasteiger partial charge is 0.479 e. The number of rotatable bonds is 8. The van der Waals surface area contributed by atoms with Crippen molar-refractivity contribution in [2.45, 2.75) is 19.3 Å². The van der Waals surface area contributed by atoms with Crippen molar-refractivity contribution in [3.8, 4) is 18.1 Å². The number of benzene rings is 1. The van der Waals surface area contributed by atoms with Crippen LogP contribution in [0.2, 0.25) is 0 Å². The Balaban J connectivity index is 2.45. The summed E-state index contributed by atoms with van der Waals surface area (Å²) < 4.78 is 5.34. The Morgan fingerprint density at radius 1 is 1.45 bits per heavy atom. The second-order valence-corrected chi connectivity index (χ2v) is 3.95. The zero-order valence-electron chi connectivity index (χ0n) is 11.1. The fourth-order valence-corrected chi connectivity index (χ4v) is 1.54. The van der Waals surface area contributed by atoms with Crippen LogP contribution in [0.4, 0.5) is 5.69 Å². The van der Waals surface area contributed by atoms with E-state index >= 15 is 0 Å². The molecule has 0 saturated heterocycles. The van der Waals surface area contributed by atoms with Gasteiger partial charge in [0.25, 0.3) is 0 Å². The van der Waals surface area contributed by atoms with Crippen LogP contribution in [-0.2, 0) is 4.79 Å². The number of nitrogens with zero attached hydrogens (tertiary/aromatic N) is 3. The van der Waals surface area contributed by atoms with E-state index in [0.29, 0.717) is 37.2 Å². The SMILES string of the molecule is C#CCOc1ccccc1NC(=O)CCCCN=[N+]=[N-]. The highest BCUT2D eigenvalue weighted by Crippen LogP contribution is 2.23. The summed E-state index contributed by atoms with van der Waals surface area (Å²) in [5, 5.41) is 6.18. The van der Waals surface area contributed by atoms with Crippen LogP contribution in [0, 0.1) is 12.3 Å². The Kier molecular flexibility index (Phi) is 7.18. The minimum Gasteiger partial charge on any atom is -0.479 e. The molecule has 1 rings (SSSR count). The first kappa shape index (κ1) is 15.4. The van der Waals surface area contributed by atoms with Gasteiger partial charge in [0.2, 0.25) is 5.91 Å². The molecule has 0 spiro atoms. The minimum absolute atomic E-state index is 0.109. The van der Waals surface area contributed by atoms with Gasteiger partial charge in [-0.3, -0.25) is 4.79 Å². The van der Waals surface area contributed by atoms with E-state index < -0.39 is 0 Å². The second kappa shape index (κ2) is 9.31. The number of hydrogen-bond donors (Lipinski definition) is 1. The number of para-hydroxylation sites is 2. The molecule has 1 N–H and O–H groups in total. The molecule has 0 aromatic heterocycles. The van der Waals surface area contributed by atoms with E-state index in [0.717, 1.165) is 0 Å². The number of terminal acetylenes is 1. The monoisotopic (exact) mass is 272 g/mol. The average molecular weight is 272 g/mol. The van der Waals surface area contributed by atoms with Crippen molar-refractivity contribution in [2.24, 2.45) is 5.11 Å². The molecule has 0 bridgehead atoms. The third-order valence-electron chi connectivity index (χ3n) is 2.45. The fourth-order valence-electron chi connectivity index (χ4n) is 1.54. The molecule has 0 atom stereocenters. The summed E-state index contributed by atoms with van der Waals surface area (Å²) in [5.74, 6) is 2.82. The van der Waals surface area contributed by atoms with Crippen LogP contribution in [0.3, 0.4) is 0 Å². The van der Waals surface area contributed by atoms with E-state index in [2.05, 4.69) is 21.3 Å². The van der Waals surface area contributed by atoms with Crippen molar-refractivity contribution in [3.63, 3.8) is 0 Å². The molecule has 6 nitrogen and oxygen atoms in total.